The summed E-state index contributed by atoms with van der Waals surface area (Å²) in [5.41, 5.74) is 27.0. The lowest BCUT2D eigenvalue weighted by molar-refractivity contribution is -0.118. The number of hydrogen-bond donors (Lipinski definition) is 4. The van der Waals surface area contributed by atoms with Crippen LogP contribution < -0.4 is 27.3 Å². The SMILES string of the molecule is [B][P@@]1(=O)OC[C@H]2O[C@@H](n3cnc4c(N)ccnc43)[C@H](F)[C@@H]2O[P@@](=O)(SCc2ccc(COCCOCCOCCN3NNC4=C3c3ccccc3N(C(=O)CC)Cc3ccccc34)cc2)OC[C@H]2O[C@@H](n3cnc4c(N)ncnc43)[C@H](F)[C@@H]2O1. The van der Waals surface area contributed by atoms with Gasteiger partial charge in [0, 0.05) is 29.5 Å². The van der Waals surface area contributed by atoms with E-state index in [0.717, 1.165) is 50.7 Å². The highest BCUT2D eigenvalue weighted by Gasteiger charge is 2.55. The Bertz CT molecular complexity index is 3670. The van der Waals surface area contributed by atoms with Crippen LogP contribution in [0, 0.1) is 0 Å². The van der Waals surface area contributed by atoms with E-state index in [-0.39, 0.29) is 52.1 Å². The summed E-state index contributed by atoms with van der Waals surface area (Å²) >= 11 is 0.748. The number of carbonyl (C=O) groups excluding carboxylic acids is 1. The van der Waals surface area contributed by atoms with Gasteiger partial charge in [0.15, 0.2) is 41.9 Å². The van der Waals surface area contributed by atoms with E-state index in [2.05, 4.69) is 48.0 Å². The number of aromatic nitrogens is 7. The molecular weight excluding hydrogens is 1150 g/mol. The van der Waals surface area contributed by atoms with Crippen molar-refractivity contribution in [2.24, 2.45) is 0 Å². The fraction of sp³-hybridized carbons (Fsp3) is 0.396. The largest absolute Gasteiger partial charge is 0.397 e. The summed E-state index contributed by atoms with van der Waals surface area (Å²) in [5.74, 6) is 0.106. The normalized spacial score (nSPS) is 27.0. The van der Waals surface area contributed by atoms with Crippen LogP contribution >= 0.6 is 25.7 Å². The van der Waals surface area contributed by atoms with E-state index in [9.17, 15) is 9.36 Å². The second-order valence-electron chi connectivity index (χ2n) is 20.0. The molecule has 6 N–H and O–H groups in total. The predicted molar refractivity (Wildman–Crippen MR) is 305 cm³/mol. The molecule has 0 bridgehead atoms. The van der Waals surface area contributed by atoms with Crippen LogP contribution in [0.15, 0.2) is 104 Å². The van der Waals surface area contributed by atoms with Crippen molar-refractivity contribution < 1.29 is 64.5 Å². The van der Waals surface area contributed by atoms with Gasteiger partial charge < -0.3 is 54.5 Å². The predicted octanol–water partition coefficient (Wildman–Crippen LogP) is 6.70. The molecule has 7 aromatic rings. The lowest BCUT2D eigenvalue weighted by atomic mass is 9.96. The second kappa shape index (κ2) is 24.9. The standard InChI is InChI=1S/C53H58BF2N13O12P2S/c1-2-40(70)66-23-33-7-3-4-8-34(33)43-46(35-9-5-6-10-37(35)66)69(65-64-43)17-18-73-19-20-74-21-22-75-24-31-11-13-32(14-12-31)27-84-83(72)77-26-39-47(41(55)52(79-39)68-30-63-45-49(58)60-28-61-51(45)68)80-82(54,71)76-25-38-48(81-83)42(56)53(78-38)67-29-62-44-36(57)15-16-59-50(44)67/h3-16,28-30,38-39,41-42,47-48,52-53,64-65H,2,17-27H2,1H3,(H2,57,59)(H2,58,60,61)/t38-,39-,41-,42-,47-,48-,52-,53-,82-,83+/m1/s1. The summed E-state index contributed by atoms with van der Waals surface area (Å²) in [4.78, 5) is 36.0. The lowest BCUT2D eigenvalue weighted by Crippen LogP contribution is -2.39. The van der Waals surface area contributed by atoms with Gasteiger partial charge in [0.1, 0.15) is 41.8 Å². The Balaban J connectivity index is 0.653. The maximum atomic E-state index is 17.0. The number of nitrogens with zero attached hydrogens (tertiary/aromatic N) is 9. The molecule has 3 aromatic carbocycles. The Kier molecular flexibility index (Phi) is 17.2. The van der Waals surface area contributed by atoms with Crippen LogP contribution in [-0.2, 0) is 74.6 Å². The molecule has 3 fully saturated rings. The van der Waals surface area contributed by atoms with E-state index in [1.54, 1.807) is 0 Å². The number of ether oxygens (including phenoxy) is 5. The third-order valence-corrected chi connectivity index (χ3v) is 19.4. The Hall–Kier alpha value is -6.43. The average Bonchev–Trinajstić information content (AvgIpc) is 2.24. The zero-order chi connectivity index (χ0) is 58.1. The number of imidazole rings is 2. The molecule has 3 saturated heterocycles. The minimum Gasteiger partial charge on any atom is -0.397 e. The van der Waals surface area contributed by atoms with Gasteiger partial charge in [-0.2, -0.15) is 0 Å². The number of nitrogens with one attached hydrogen (secondary N) is 2. The molecule has 0 aliphatic carbocycles. The number of hydrazine groups is 2. The summed E-state index contributed by atoms with van der Waals surface area (Å²) in [6, 6.07) is 24.9. The van der Waals surface area contributed by atoms with Crippen molar-refractivity contribution >= 4 is 90.0 Å². The van der Waals surface area contributed by atoms with Crippen LogP contribution in [0.2, 0.25) is 0 Å². The van der Waals surface area contributed by atoms with E-state index in [0.29, 0.717) is 58.1 Å². The van der Waals surface area contributed by atoms with Gasteiger partial charge in [-0.1, -0.05) is 73.7 Å². The van der Waals surface area contributed by atoms with Crippen molar-refractivity contribution in [2.45, 2.75) is 81.5 Å². The number of rotatable bonds is 17. The van der Waals surface area contributed by atoms with Crippen molar-refractivity contribution in [3.63, 3.8) is 0 Å². The third-order valence-electron chi connectivity index (χ3n) is 14.7. The maximum Gasteiger partial charge on any atom is 0.389 e. The molecule has 1 amide bonds. The highest BCUT2D eigenvalue weighted by molar-refractivity contribution is 8.54. The number of carbonyl (C=O) groups is 1. The molecule has 0 saturated carbocycles. The molecule has 5 aliphatic rings. The number of halogens is 2. The Morgan fingerprint density at radius 2 is 1.40 bits per heavy atom. The Labute approximate surface area is 485 Å². The van der Waals surface area contributed by atoms with Gasteiger partial charge in [-0.05, 0) is 40.2 Å². The quantitative estimate of drug-likeness (QED) is 0.0419. The van der Waals surface area contributed by atoms with Gasteiger partial charge in [0.25, 0.3) is 7.47 Å². The van der Waals surface area contributed by atoms with Gasteiger partial charge in [0.2, 0.25) is 13.5 Å². The van der Waals surface area contributed by atoms with Gasteiger partial charge in [-0.15, -0.1) is 5.53 Å². The zero-order valence-electron chi connectivity index (χ0n) is 45.1. The van der Waals surface area contributed by atoms with Crippen molar-refractivity contribution in [3.05, 3.63) is 132 Å². The maximum absolute atomic E-state index is 17.0. The topological polar surface area (TPSA) is 291 Å². The number of fused-ring (bicyclic) bond motifs is 8. The van der Waals surface area contributed by atoms with Crippen molar-refractivity contribution in [1.82, 2.24) is 50.0 Å². The van der Waals surface area contributed by atoms with Gasteiger partial charge in [-0.3, -0.25) is 32.6 Å². The van der Waals surface area contributed by atoms with Gasteiger partial charge >= 0.3 is 6.80 Å². The minimum absolute atomic E-state index is 0.0309. The van der Waals surface area contributed by atoms with E-state index in [1.807, 2.05) is 77.5 Å². The van der Waals surface area contributed by atoms with E-state index >= 15 is 13.3 Å². The molecule has 12 rings (SSSR count). The van der Waals surface area contributed by atoms with Crippen molar-refractivity contribution in [3.8, 4) is 0 Å². The summed E-state index contributed by atoms with van der Waals surface area (Å²) in [6.07, 6.45) is -7.99. The van der Waals surface area contributed by atoms with Gasteiger partial charge in [0.05, 0.1) is 101 Å². The van der Waals surface area contributed by atoms with Gasteiger partial charge in [-0.25, -0.2) is 38.3 Å². The minimum atomic E-state index is -4.69. The molecule has 25 nitrogen and oxygen atoms in total. The fourth-order valence-electron chi connectivity index (χ4n) is 10.5. The van der Waals surface area contributed by atoms with Crippen molar-refractivity contribution in [2.75, 3.05) is 69.2 Å². The van der Waals surface area contributed by atoms with Crippen LogP contribution in [0.4, 0.5) is 26.0 Å². The van der Waals surface area contributed by atoms with Crippen LogP contribution in [-0.4, -0.2) is 142 Å². The van der Waals surface area contributed by atoms with Crippen LogP contribution in [0.25, 0.3) is 33.7 Å². The molecule has 5 aliphatic heterocycles. The van der Waals surface area contributed by atoms with E-state index in [1.165, 1.54) is 40.4 Å². The average molecular weight is 1210 g/mol. The summed E-state index contributed by atoms with van der Waals surface area (Å²) in [7, 11) is 1.38. The molecule has 440 valence electrons. The molecule has 9 heterocycles. The first kappa shape index (κ1) is 58.0. The first-order chi connectivity index (χ1) is 40.8. The molecule has 31 heteroatoms. The highest BCUT2D eigenvalue weighted by Crippen LogP contribution is 2.65. The Morgan fingerprint density at radius 1 is 0.762 bits per heavy atom. The van der Waals surface area contributed by atoms with Crippen LogP contribution in [0.5, 0.6) is 0 Å². The monoisotopic (exact) mass is 1210 g/mol. The number of alkyl halides is 2. The number of anilines is 3. The molecule has 0 unspecified atom stereocenters. The number of amides is 1. The molecular formula is C53H58BF2N13O12P2S. The number of para-hydroxylation sites is 1. The fourth-order valence-corrected chi connectivity index (χ4v) is 14.9. The second-order valence-corrected chi connectivity index (χ2v) is 25.6. The molecule has 84 heavy (non-hydrogen) atoms. The summed E-state index contributed by atoms with van der Waals surface area (Å²) < 4.78 is 119. The smallest absolute Gasteiger partial charge is 0.389 e. The first-order valence-electron chi connectivity index (χ1n) is 27.0. The molecule has 0 spiro atoms. The lowest BCUT2D eigenvalue weighted by Gasteiger charge is -2.30. The van der Waals surface area contributed by atoms with Crippen LogP contribution in [0.1, 0.15) is 53.6 Å². The number of hydrogen-bond acceptors (Lipinski definition) is 23. The molecule has 4 aromatic heterocycles. The number of nitrogen functional groups attached to an aromatic ring is 2. The summed E-state index contributed by atoms with van der Waals surface area (Å²) in [6.45, 7) is -1.05. The first-order valence-corrected chi connectivity index (χ1v) is 31.7. The number of nitrogens with two attached hydrogens (primary N) is 2. The number of benzene rings is 3. The van der Waals surface area contributed by atoms with Crippen LogP contribution in [0.3, 0.4) is 0 Å². The highest BCUT2D eigenvalue weighted by atomic mass is 32.7. The zero-order valence-corrected chi connectivity index (χ0v) is 47.7. The van der Waals surface area contributed by atoms with E-state index in [4.69, 9.17) is 60.8 Å². The van der Waals surface area contributed by atoms with E-state index < -0.39 is 76.7 Å². The summed E-state index contributed by atoms with van der Waals surface area (Å²) in [5, 5.41) is 2.00. The Morgan fingerprint density at radius 3 is 2.15 bits per heavy atom. The molecule has 2 radical (unpaired) electrons. The molecule has 10 atom stereocenters. The van der Waals surface area contributed by atoms with Crippen molar-refractivity contribution in [1.29, 1.82) is 0 Å². The third kappa shape index (κ3) is 11.9. The number of pyridine rings is 1.